The van der Waals surface area contributed by atoms with E-state index in [1.54, 1.807) is 13.0 Å². The maximum Gasteiger partial charge on any atom is 0.303 e. The van der Waals surface area contributed by atoms with E-state index < -0.39 is 23.7 Å². The summed E-state index contributed by atoms with van der Waals surface area (Å²) in [7, 11) is 0. The number of carboxylic acids is 1. The van der Waals surface area contributed by atoms with Crippen LogP contribution in [0.3, 0.4) is 0 Å². The summed E-state index contributed by atoms with van der Waals surface area (Å²) in [5.74, 6) is -2.14. The van der Waals surface area contributed by atoms with Crippen LogP contribution in [0.15, 0.2) is 12.1 Å². The van der Waals surface area contributed by atoms with Crippen LogP contribution >= 0.6 is 0 Å². The van der Waals surface area contributed by atoms with Crippen molar-refractivity contribution in [1.29, 1.82) is 0 Å². The Labute approximate surface area is 109 Å². The highest BCUT2D eigenvalue weighted by atomic mass is 19.1. The van der Waals surface area contributed by atoms with Crippen LogP contribution in [0.25, 0.3) is 0 Å². The van der Waals surface area contributed by atoms with Crippen LogP contribution in [-0.4, -0.2) is 17.0 Å². The molecule has 4 N–H and O–H groups in total. The SMILES string of the molecule is CC1C(=O)Nc2c(F)cc(C(N)CCC(=O)O)cc21. The summed E-state index contributed by atoms with van der Waals surface area (Å²) in [6.45, 7) is 1.69. The molecule has 19 heavy (non-hydrogen) atoms. The van der Waals surface area contributed by atoms with Gasteiger partial charge >= 0.3 is 5.97 Å². The maximum atomic E-state index is 13.9. The van der Waals surface area contributed by atoms with Crippen LogP contribution in [0.5, 0.6) is 0 Å². The fourth-order valence-corrected chi connectivity index (χ4v) is 2.16. The molecule has 2 unspecified atom stereocenters. The zero-order chi connectivity index (χ0) is 14.2. The number of hydrogen-bond donors (Lipinski definition) is 3. The highest BCUT2D eigenvalue weighted by Crippen LogP contribution is 2.36. The van der Waals surface area contributed by atoms with E-state index in [4.69, 9.17) is 10.8 Å². The molecule has 0 saturated heterocycles. The third-order valence-electron chi connectivity index (χ3n) is 3.35. The predicted molar refractivity (Wildman–Crippen MR) is 67.2 cm³/mol. The molecule has 2 rings (SSSR count). The van der Waals surface area contributed by atoms with E-state index in [1.807, 2.05) is 0 Å². The zero-order valence-corrected chi connectivity index (χ0v) is 10.4. The normalized spacial score (nSPS) is 18.9. The number of amides is 1. The minimum absolute atomic E-state index is 0.0768. The van der Waals surface area contributed by atoms with Crippen molar-refractivity contribution in [1.82, 2.24) is 0 Å². The molecule has 1 amide bonds. The van der Waals surface area contributed by atoms with Gasteiger partial charge in [-0.1, -0.05) is 6.07 Å². The molecule has 0 aliphatic carbocycles. The first-order valence-electron chi connectivity index (χ1n) is 6.01. The second-order valence-electron chi connectivity index (χ2n) is 4.72. The largest absolute Gasteiger partial charge is 0.481 e. The number of fused-ring (bicyclic) bond motifs is 1. The number of halogens is 1. The number of rotatable bonds is 4. The van der Waals surface area contributed by atoms with Crippen molar-refractivity contribution in [2.75, 3.05) is 5.32 Å². The number of carbonyl (C=O) groups excluding carboxylic acids is 1. The zero-order valence-electron chi connectivity index (χ0n) is 10.4. The van der Waals surface area contributed by atoms with E-state index >= 15 is 0 Å². The molecule has 0 bridgehead atoms. The number of benzene rings is 1. The van der Waals surface area contributed by atoms with Crippen molar-refractivity contribution in [2.24, 2.45) is 5.73 Å². The fourth-order valence-electron chi connectivity index (χ4n) is 2.16. The lowest BCUT2D eigenvalue weighted by molar-refractivity contribution is -0.137. The molecule has 0 radical (unpaired) electrons. The second kappa shape index (κ2) is 4.97. The Morgan fingerprint density at radius 2 is 2.26 bits per heavy atom. The first kappa shape index (κ1) is 13.5. The number of anilines is 1. The molecule has 0 saturated carbocycles. The van der Waals surface area contributed by atoms with Crippen molar-refractivity contribution in [3.8, 4) is 0 Å². The quantitative estimate of drug-likeness (QED) is 0.774. The molecule has 0 spiro atoms. The summed E-state index contributed by atoms with van der Waals surface area (Å²) < 4.78 is 13.9. The van der Waals surface area contributed by atoms with Crippen molar-refractivity contribution < 1.29 is 19.1 Å². The summed E-state index contributed by atoms with van der Waals surface area (Å²) in [6, 6.07) is 2.37. The Morgan fingerprint density at radius 1 is 1.58 bits per heavy atom. The number of aliphatic carboxylic acids is 1. The lowest BCUT2D eigenvalue weighted by Crippen LogP contribution is -2.13. The summed E-state index contributed by atoms with van der Waals surface area (Å²) in [6.07, 6.45) is 0.149. The second-order valence-corrected chi connectivity index (χ2v) is 4.72. The van der Waals surface area contributed by atoms with E-state index in [0.717, 1.165) is 0 Å². The Kier molecular flexibility index (Phi) is 3.53. The van der Waals surface area contributed by atoms with Crippen LogP contribution in [0, 0.1) is 5.82 Å². The van der Waals surface area contributed by atoms with Gasteiger partial charge in [0.05, 0.1) is 11.6 Å². The van der Waals surface area contributed by atoms with Crippen LogP contribution in [0.2, 0.25) is 0 Å². The van der Waals surface area contributed by atoms with Crippen LogP contribution in [0.1, 0.15) is 42.9 Å². The monoisotopic (exact) mass is 266 g/mol. The predicted octanol–water partition coefficient (Wildman–Crippen LogP) is 1.75. The van der Waals surface area contributed by atoms with Gasteiger partial charge in [-0.15, -0.1) is 0 Å². The lowest BCUT2D eigenvalue weighted by atomic mass is 9.95. The summed E-state index contributed by atoms with van der Waals surface area (Å²) in [5, 5.41) is 11.1. The van der Waals surface area contributed by atoms with E-state index in [9.17, 15) is 14.0 Å². The molecule has 1 aliphatic heterocycles. The molecule has 1 aliphatic rings. The van der Waals surface area contributed by atoms with Crippen molar-refractivity contribution >= 4 is 17.6 Å². The third kappa shape index (κ3) is 2.58. The molecule has 1 heterocycles. The number of nitrogens with two attached hydrogens (primary N) is 1. The number of hydrogen-bond acceptors (Lipinski definition) is 3. The van der Waals surface area contributed by atoms with E-state index in [1.165, 1.54) is 6.07 Å². The number of nitrogens with one attached hydrogen (secondary N) is 1. The molecule has 0 aromatic heterocycles. The number of carbonyl (C=O) groups is 2. The minimum atomic E-state index is -0.942. The van der Waals surface area contributed by atoms with Gasteiger partial charge < -0.3 is 16.2 Å². The smallest absolute Gasteiger partial charge is 0.303 e. The molecular weight excluding hydrogens is 251 g/mol. The molecule has 2 atom stereocenters. The Hall–Kier alpha value is -1.95. The van der Waals surface area contributed by atoms with Gasteiger partial charge in [0.1, 0.15) is 5.82 Å². The van der Waals surface area contributed by atoms with E-state index in [0.29, 0.717) is 11.1 Å². The summed E-state index contributed by atoms with van der Waals surface area (Å²) in [4.78, 5) is 22.0. The summed E-state index contributed by atoms with van der Waals surface area (Å²) in [5.41, 5.74) is 7.14. The van der Waals surface area contributed by atoms with Gasteiger partial charge in [0.15, 0.2) is 0 Å². The van der Waals surface area contributed by atoms with Gasteiger partial charge in [0.2, 0.25) is 5.91 Å². The molecule has 102 valence electrons. The van der Waals surface area contributed by atoms with Gasteiger partial charge in [0, 0.05) is 12.5 Å². The standard InChI is InChI=1S/C13H15FN2O3/c1-6-8-4-7(10(15)2-3-11(17)18)5-9(14)12(8)16-13(6)19/h4-6,10H,2-3,15H2,1H3,(H,16,19)(H,17,18). The van der Waals surface area contributed by atoms with Gasteiger partial charge in [-0.05, 0) is 30.5 Å². The van der Waals surface area contributed by atoms with Crippen LogP contribution in [-0.2, 0) is 9.59 Å². The van der Waals surface area contributed by atoms with Gasteiger partial charge in [-0.3, -0.25) is 9.59 Å². The van der Waals surface area contributed by atoms with Crippen LogP contribution in [0.4, 0.5) is 10.1 Å². The van der Waals surface area contributed by atoms with Gasteiger partial charge in [0.25, 0.3) is 0 Å². The van der Waals surface area contributed by atoms with Crippen molar-refractivity contribution in [2.45, 2.75) is 31.7 Å². The maximum absolute atomic E-state index is 13.9. The van der Waals surface area contributed by atoms with Gasteiger partial charge in [-0.25, -0.2) is 4.39 Å². The molecule has 1 aromatic carbocycles. The topological polar surface area (TPSA) is 92.4 Å². The third-order valence-corrected chi connectivity index (χ3v) is 3.35. The Bertz CT molecular complexity index is 545. The highest BCUT2D eigenvalue weighted by molar-refractivity contribution is 6.02. The molecule has 1 aromatic rings. The Morgan fingerprint density at radius 3 is 2.89 bits per heavy atom. The van der Waals surface area contributed by atoms with E-state index in [2.05, 4.69) is 5.32 Å². The Balaban J connectivity index is 2.27. The average Bonchev–Trinajstić information content (AvgIpc) is 2.64. The van der Waals surface area contributed by atoms with Crippen molar-refractivity contribution in [3.63, 3.8) is 0 Å². The molecule has 5 nitrogen and oxygen atoms in total. The average molecular weight is 266 g/mol. The molecule has 6 heteroatoms. The fraction of sp³-hybridized carbons (Fsp3) is 0.385. The molecular formula is C13H15FN2O3. The van der Waals surface area contributed by atoms with E-state index in [-0.39, 0.29) is 24.4 Å². The van der Waals surface area contributed by atoms with Gasteiger partial charge in [-0.2, -0.15) is 0 Å². The highest BCUT2D eigenvalue weighted by Gasteiger charge is 2.30. The lowest BCUT2D eigenvalue weighted by Gasteiger charge is -2.13. The number of carboxylic acid groups (broad SMARTS) is 1. The molecule has 0 fully saturated rings. The first-order valence-corrected chi connectivity index (χ1v) is 6.01. The van der Waals surface area contributed by atoms with Crippen LogP contribution < -0.4 is 11.1 Å². The minimum Gasteiger partial charge on any atom is -0.481 e. The van der Waals surface area contributed by atoms with Crippen molar-refractivity contribution in [3.05, 3.63) is 29.1 Å². The summed E-state index contributed by atoms with van der Waals surface area (Å²) >= 11 is 0. The first-order chi connectivity index (χ1) is 8.90.